The van der Waals surface area contributed by atoms with Gasteiger partial charge < -0.3 is 15.4 Å². The number of rotatable bonds is 4. The number of ether oxygens (including phenoxy) is 1. The standard InChI is InChI=1S/C17H26N2O/c1-19-14-7-8-15(19)10-13(9-14)16(18)11-12-5-3-4-6-17(12)20-2/h3-6,13-16H,7-11,18H2,1-2H3. The van der Waals surface area contributed by atoms with Crippen LogP contribution in [-0.2, 0) is 6.42 Å². The van der Waals surface area contributed by atoms with Gasteiger partial charge in [0, 0.05) is 18.1 Å². The maximum atomic E-state index is 6.53. The number of para-hydroxylation sites is 1. The van der Waals surface area contributed by atoms with Crippen LogP contribution in [-0.4, -0.2) is 37.2 Å². The molecule has 0 aliphatic carbocycles. The highest BCUT2D eigenvalue weighted by atomic mass is 16.5. The maximum absolute atomic E-state index is 6.53. The molecule has 2 N–H and O–H groups in total. The van der Waals surface area contributed by atoms with Gasteiger partial charge >= 0.3 is 0 Å². The second-order valence-corrected chi connectivity index (χ2v) is 6.46. The summed E-state index contributed by atoms with van der Waals surface area (Å²) in [6.07, 6.45) is 6.18. The van der Waals surface area contributed by atoms with Crippen molar-refractivity contribution in [3.63, 3.8) is 0 Å². The number of benzene rings is 1. The van der Waals surface area contributed by atoms with Crippen molar-refractivity contribution in [2.45, 2.75) is 50.2 Å². The molecule has 1 aromatic carbocycles. The Kier molecular flexibility index (Phi) is 3.99. The summed E-state index contributed by atoms with van der Waals surface area (Å²) in [5.74, 6) is 1.63. The van der Waals surface area contributed by atoms with Crippen molar-refractivity contribution in [1.29, 1.82) is 0 Å². The Labute approximate surface area is 122 Å². The van der Waals surface area contributed by atoms with Crippen LogP contribution in [0.25, 0.3) is 0 Å². The van der Waals surface area contributed by atoms with Gasteiger partial charge in [0.25, 0.3) is 0 Å². The van der Waals surface area contributed by atoms with Crippen molar-refractivity contribution < 1.29 is 4.74 Å². The van der Waals surface area contributed by atoms with E-state index in [0.717, 1.165) is 24.3 Å². The molecule has 20 heavy (non-hydrogen) atoms. The maximum Gasteiger partial charge on any atom is 0.122 e. The molecule has 2 heterocycles. The van der Waals surface area contributed by atoms with E-state index in [1.807, 2.05) is 12.1 Å². The second-order valence-electron chi connectivity index (χ2n) is 6.46. The first-order valence-corrected chi connectivity index (χ1v) is 7.78. The fourth-order valence-electron chi connectivity index (χ4n) is 4.10. The molecule has 2 aliphatic heterocycles. The molecule has 1 aromatic rings. The van der Waals surface area contributed by atoms with E-state index in [1.54, 1.807) is 7.11 Å². The minimum absolute atomic E-state index is 0.253. The average Bonchev–Trinajstić information content (AvgIpc) is 2.68. The van der Waals surface area contributed by atoms with Gasteiger partial charge in [-0.25, -0.2) is 0 Å². The second kappa shape index (κ2) is 5.74. The largest absolute Gasteiger partial charge is 0.496 e. The fourth-order valence-corrected chi connectivity index (χ4v) is 4.10. The van der Waals surface area contributed by atoms with Crippen molar-refractivity contribution in [2.24, 2.45) is 11.7 Å². The lowest BCUT2D eigenvalue weighted by atomic mass is 9.83. The Balaban J connectivity index is 1.66. The zero-order valence-electron chi connectivity index (χ0n) is 12.6. The predicted molar refractivity (Wildman–Crippen MR) is 82.0 cm³/mol. The number of nitrogens with zero attached hydrogens (tertiary/aromatic N) is 1. The number of hydrogen-bond acceptors (Lipinski definition) is 3. The van der Waals surface area contributed by atoms with Crippen LogP contribution in [0.5, 0.6) is 5.75 Å². The molecule has 2 aliphatic rings. The normalized spacial score (nSPS) is 31.2. The van der Waals surface area contributed by atoms with Crippen molar-refractivity contribution in [1.82, 2.24) is 4.90 Å². The summed E-state index contributed by atoms with van der Waals surface area (Å²) in [4.78, 5) is 2.58. The summed E-state index contributed by atoms with van der Waals surface area (Å²) >= 11 is 0. The number of fused-ring (bicyclic) bond motifs is 2. The number of hydrogen-bond donors (Lipinski definition) is 1. The molecular weight excluding hydrogens is 248 g/mol. The molecule has 2 bridgehead atoms. The zero-order chi connectivity index (χ0) is 14.1. The van der Waals surface area contributed by atoms with Gasteiger partial charge in [0.05, 0.1) is 7.11 Å². The van der Waals surface area contributed by atoms with E-state index >= 15 is 0 Å². The first-order chi connectivity index (χ1) is 9.69. The third kappa shape index (κ3) is 2.57. The lowest BCUT2D eigenvalue weighted by Gasteiger charge is -2.38. The van der Waals surface area contributed by atoms with E-state index in [-0.39, 0.29) is 6.04 Å². The molecule has 110 valence electrons. The van der Waals surface area contributed by atoms with Gasteiger partial charge in [-0.1, -0.05) is 18.2 Å². The molecule has 3 rings (SSSR count). The minimum atomic E-state index is 0.253. The topological polar surface area (TPSA) is 38.5 Å². The van der Waals surface area contributed by atoms with E-state index in [4.69, 9.17) is 10.5 Å². The molecular formula is C17H26N2O. The minimum Gasteiger partial charge on any atom is -0.496 e. The third-order valence-corrected chi connectivity index (χ3v) is 5.39. The molecule has 3 atom stereocenters. The van der Waals surface area contributed by atoms with Crippen molar-refractivity contribution in [3.8, 4) is 5.75 Å². The Morgan fingerprint density at radius 1 is 1.25 bits per heavy atom. The molecule has 0 amide bonds. The van der Waals surface area contributed by atoms with Crippen molar-refractivity contribution in [2.75, 3.05) is 14.2 Å². The molecule has 2 saturated heterocycles. The number of methoxy groups -OCH3 is 1. The van der Waals surface area contributed by atoms with E-state index in [9.17, 15) is 0 Å². The van der Waals surface area contributed by atoms with Crippen LogP contribution in [0.4, 0.5) is 0 Å². The van der Waals surface area contributed by atoms with Gasteiger partial charge in [-0.3, -0.25) is 0 Å². The molecule has 3 nitrogen and oxygen atoms in total. The monoisotopic (exact) mass is 274 g/mol. The third-order valence-electron chi connectivity index (χ3n) is 5.39. The van der Waals surface area contributed by atoms with E-state index in [2.05, 4.69) is 24.1 Å². The van der Waals surface area contributed by atoms with Gasteiger partial charge in [-0.05, 0) is 56.7 Å². The molecule has 0 saturated carbocycles. The summed E-state index contributed by atoms with van der Waals surface area (Å²) in [7, 11) is 4.02. The lowest BCUT2D eigenvalue weighted by Crippen LogP contribution is -2.46. The van der Waals surface area contributed by atoms with Crippen molar-refractivity contribution in [3.05, 3.63) is 29.8 Å². The van der Waals surface area contributed by atoms with Crippen LogP contribution >= 0.6 is 0 Å². The van der Waals surface area contributed by atoms with E-state index in [0.29, 0.717) is 5.92 Å². The predicted octanol–water partition coefficient (Wildman–Crippen LogP) is 2.44. The number of nitrogens with two attached hydrogens (primary N) is 1. The molecule has 3 heteroatoms. The lowest BCUT2D eigenvalue weighted by molar-refractivity contribution is 0.120. The summed E-state index contributed by atoms with van der Waals surface area (Å²) in [6, 6.07) is 10.0. The highest BCUT2D eigenvalue weighted by molar-refractivity contribution is 5.34. The van der Waals surface area contributed by atoms with Crippen LogP contribution in [0.2, 0.25) is 0 Å². The van der Waals surface area contributed by atoms with Crippen LogP contribution in [0.3, 0.4) is 0 Å². The van der Waals surface area contributed by atoms with Crippen molar-refractivity contribution >= 4 is 0 Å². The quantitative estimate of drug-likeness (QED) is 0.916. The Morgan fingerprint density at radius 3 is 2.55 bits per heavy atom. The number of piperidine rings is 1. The smallest absolute Gasteiger partial charge is 0.122 e. The van der Waals surface area contributed by atoms with E-state index in [1.165, 1.54) is 31.2 Å². The van der Waals surface area contributed by atoms with Gasteiger partial charge in [-0.2, -0.15) is 0 Å². The highest BCUT2D eigenvalue weighted by Crippen LogP contribution is 2.39. The molecule has 0 spiro atoms. The first kappa shape index (κ1) is 13.9. The molecule has 2 fully saturated rings. The van der Waals surface area contributed by atoms with Gasteiger partial charge in [0.2, 0.25) is 0 Å². The summed E-state index contributed by atoms with van der Waals surface area (Å²) in [5, 5.41) is 0. The summed E-state index contributed by atoms with van der Waals surface area (Å²) in [6.45, 7) is 0. The van der Waals surface area contributed by atoms with Crippen LogP contribution in [0.1, 0.15) is 31.2 Å². The Bertz CT molecular complexity index is 448. The fraction of sp³-hybridized carbons (Fsp3) is 0.647. The van der Waals surface area contributed by atoms with Crippen LogP contribution < -0.4 is 10.5 Å². The molecule has 0 radical (unpaired) electrons. The molecule has 3 unspecified atom stereocenters. The first-order valence-electron chi connectivity index (χ1n) is 7.78. The summed E-state index contributed by atoms with van der Waals surface area (Å²) in [5.41, 5.74) is 7.77. The van der Waals surface area contributed by atoms with E-state index < -0.39 is 0 Å². The summed E-state index contributed by atoms with van der Waals surface area (Å²) < 4.78 is 5.44. The Morgan fingerprint density at radius 2 is 1.90 bits per heavy atom. The van der Waals surface area contributed by atoms with Gasteiger partial charge in [-0.15, -0.1) is 0 Å². The van der Waals surface area contributed by atoms with Gasteiger partial charge in [0.15, 0.2) is 0 Å². The van der Waals surface area contributed by atoms with Crippen LogP contribution in [0.15, 0.2) is 24.3 Å². The Hall–Kier alpha value is -1.06. The van der Waals surface area contributed by atoms with Gasteiger partial charge in [0.1, 0.15) is 5.75 Å². The SMILES string of the molecule is COc1ccccc1CC(N)C1CC2CCC(C1)N2C. The highest BCUT2D eigenvalue weighted by Gasteiger charge is 2.40. The molecule has 0 aromatic heterocycles. The average molecular weight is 274 g/mol. The van der Waals surface area contributed by atoms with Crippen LogP contribution in [0, 0.1) is 5.92 Å². The zero-order valence-corrected chi connectivity index (χ0v) is 12.6.